The van der Waals surface area contributed by atoms with Crippen molar-refractivity contribution in [3.8, 4) is 0 Å². The standard InChI is InChI=1S/C21H23N5O2S/c1-21(2)11-16-9-15(12-22-19(16)24-20(21)28)3-4-18(27)26-7-5-14(6-8-26)10-17-23-13-29-25-17/h3-4,9-10,12-13H,5-8,11H2,1-2H3,(H,22,24,28)/b4-3+. The minimum absolute atomic E-state index is 0.00202. The first-order valence-electron chi connectivity index (χ1n) is 9.64. The van der Waals surface area contributed by atoms with Crippen LogP contribution in [-0.2, 0) is 16.0 Å². The highest BCUT2D eigenvalue weighted by atomic mass is 32.1. The number of nitrogens with one attached hydrogen (secondary N) is 1. The van der Waals surface area contributed by atoms with E-state index in [1.54, 1.807) is 23.9 Å². The molecule has 1 fully saturated rings. The first-order valence-corrected chi connectivity index (χ1v) is 10.5. The van der Waals surface area contributed by atoms with Gasteiger partial charge >= 0.3 is 0 Å². The van der Waals surface area contributed by atoms with Crippen LogP contribution in [0.2, 0.25) is 0 Å². The molecule has 1 N–H and O–H groups in total. The fraction of sp³-hybridized carbons (Fsp3) is 0.381. The van der Waals surface area contributed by atoms with Gasteiger partial charge in [-0.1, -0.05) is 19.4 Å². The third kappa shape index (κ3) is 4.42. The lowest BCUT2D eigenvalue weighted by atomic mass is 9.82. The molecule has 0 radical (unpaired) electrons. The fourth-order valence-corrected chi connectivity index (χ4v) is 3.97. The molecule has 0 saturated carbocycles. The van der Waals surface area contributed by atoms with Gasteiger partial charge in [-0.25, -0.2) is 9.97 Å². The van der Waals surface area contributed by atoms with Gasteiger partial charge in [-0.15, -0.1) is 0 Å². The number of hydrogen-bond acceptors (Lipinski definition) is 6. The van der Waals surface area contributed by atoms with Gasteiger partial charge in [0.25, 0.3) is 0 Å². The zero-order valence-corrected chi connectivity index (χ0v) is 17.3. The zero-order valence-electron chi connectivity index (χ0n) is 16.5. The Balaban J connectivity index is 1.37. The first-order chi connectivity index (χ1) is 13.9. The van der Waals surface area contributed by atoms with E-state index in [2.05, 4.69) is 19.7 Å². The summed E-state index contributed by atoms with van der Waals surface area (Å²) < 4.78 is 4.20. The van der Waals surface area contributed by atoms with E-state index >= 15 is 0 Å². The molecular weight excluding hydrogens is 386 g/mol. The number of nitrogens with zero attached hydrogens (tertiary/aromatic N) is 4. The van der Waals surface area contributed by atoms with Gasteiger partial charge in [0.05, 0.1) is 0 Å². The average molecular weight is 410 g/mol. The summed E-state index contributed by atoms with van der Waals surface area (Å²) >= 11 is 1.34. The predicted octanol–water partition coefficient (Wildman–Crippen LogP) is 3.17. The molecule has 2 aromatic heterocycles. The summed E-state index contributed by atoms with van der Waals surface area (Å²) in [5, 5.41) is 2.85. The van der Waals surface area contributed by atoms with E-state index in [0.717, 1.165) is 29.8 Å². The molecule has 0 unspecified atom stereocenters. The molecule has 29 heavy (non-hydrogen) atoms. The zero-order chi connectivity index (χ0) is 20.4. The van der Waals surface area contributed by atoms with Gasteiger partial charge in [-0.05, 0) is 60.1 Å². The van der Waals surface area contributed by atoms with Crippen LogP contribution in [0.3, 0.4) is 0 Å². The Hall–Kier alpha value is -2.87. The number of piperidine rings is 1. The van der Waals surface area contributed by atoms with Gasteiger partial charge in [0.1, 0.15) is 11.3 Å². The van der Waals surface area contributed by atoms with E-state index in [1.165, 1.54) is 17.1 Å². The predicted molar refractivity (Wildman–Crippen MR) is 113 cm³/mol. The van der Waals surface area contributed by atoms with E-state index in [1.807, 2.05) is 30.9 Å². The van der Waals surface area contributed by atoms with Crippen LogP contribution in [0.1, 0.15) is 43.6 Å². The Bertz CT molecular complexity index is 985. The van der Waals surface area contributed by atoms with E-state index in [0.29, 0.717) is 25.3 Å². The van der Waals surface area contributed by atoms with Gasteiger partial charge in [0.15, 0.2) is 5.82 Å². The number of rotatable bonds is 3. The number of carbonyl (C=O) groups is 2. The topological polar surface area (TPSA) is 88.1 Å². The molecule has 0 aromatic carbocycles. The normalized spacial score (nSPS) is 18.5. The van der Waals surface area contributed by atoms with E-state index in [-0.39, 0.29) is 11.8 Å². The van der Waals surface area contributed by atoms with Crippen molar-refractivity contribution in [3.05, 3.63) is 46.4 Å². The van der Waals surface area contributed by atoms with Crippen molar-refractivity contribution < 1.29 is 9.59 Å². The number of likely N-dealkylation sites (tertiary alicyclic amines) is 1. The molecule has 0 atom stereocenters. The SMILES string of the molecule is CC1(C)Cc2cc(/C=C/C(=O)N3CCC(=Cc4ncsn4)CC3)cnc2NC1=O. The second-order valence-corrected chi connectivity index (χ2v) is 8.65. The molecule has 2 aromatic rings. The van der Waals surface area contributed by atoms with Crippen molar-refractivity contribution in [2.75, 3.05) is 18.4 Å². The number of amides is 2. The maximum absolute atomic E-state index is 12.5. The number of hydrogen-bond donors (Lipinski definition) is 1. The quantitative estimate of drug-likeness (QED) is 0.787. The molecule has 1 saturated heterocycles. The molecule has 8 heteroatoms. The highest BCUT2D eigenvalue weighted by Gasteiger charge is 2.34. The smallest absolute Gasteiger partial charge is 0.246 e. The molecule has 7 nitrogen and oxygen atoms in total. The van der Waals surface area contributed by atoms with Crippen molar-refractivity contribution in [3.63, 3.8) is 0 Å². The van der Waals surface area contributed by atoms with Gasteiger partial charge in [-0.3, -0.25) is 9.59 Å². The Morgan fingerprint density at radius 3 is 2.79 bits per heavy atom. The molecule has 0 spiro atoms. The summed E-state index contributed by atoms with van der Waals surface area (Å²) in [7, 11) is 0. The molecular formula is C21H23N5O2S. The third-order valence-corrected chi connectivity index (χ3v) is 5.81. The molecule has 2 amide bonds. The number of fused-ring (bicyclic) bond motifs is 1. The van der Waals surface area contributed by atoms with Crippen LogP contribution in [0.4, 0.5) is 5.82 Å². The lowest BCUT2D eigenvalue weighted by Crippen LogP contribution is -2.37. The van der Waals surface area contributed by atoms with Gasteiger partial charge in [0, 0.05) is 30.8 Å². The van der Waals surface area contributed by atoms with Gasteiger partial charge < -0.3 is 10.2 Å². The van der Waals surface area contributed by atoms with Crippen LogP contribution in [-0.4, -0.2) is 44.1 Å². The molecule has 0 bridgehead atoms. The summed E-state index contributed by atoms with van der Waals surface area (Å²) in [4.78, 5) is 35.0. The van der Waals surface area contributed by atoms with E-state index < -0.39 is 5.41 Å². The van der Waals surface area contributed by atoms with E-state index in [9.17, 15) is 9.59 Å². The van der Waals surface area contributed by atoms with Crippen LogP contribution in [0.15, 0.2) is 29.4 Å². The van der Waals surface area contributed by atoms with Crippen LogP contribution >= 0.6 is 11.5 Å². The summed E-state index contributed by atoms with van der Waals surface area (Å²) in [6, 6.07) is 1.99. The van der Waals surface area contributed by atoms with Crippen LogP contribution < -0.4 is 5.32 Å². The minimum atomic E-state index is -0.458. The molecule has 0 aliphatic carbocycles. The maximum atomic E-state index is 12.5. The maximum Gasteiger partial charge on any atom is 0.246 e. The van der Waals surface area contributed by atoms with Crippen molar-refractivity contribution in [1.82, 2.24) is 19.2 Å². The lowest BCUT2D eigenvalue weighted by Gasteiger charge is -2.29. The lowest BCUT2D eigenvalue weighted by molar-refractivity contribution is -0.126. The van der Waals surface area contributed by atoms with Crippen LogP contribution in [0, 0.1) is 5.41 Å². The Labute approximate surface area is 173 Å². The van der Waals surface area contributed by atoms with E-state index in [4.69, 9.17) is 0 Å². The fourth-order valence-electron chi connectivity index (χ4n) is 3.56. The summed E-state index contributed by atoms with van der Waals surface area (Å²) in [5.74, 6) is 1.36. The molecule has 4 heterocycles. The third-order valence-electron chi connectivity index (χ3n) is 5.31. The van der Waals surface area contributed by atoms with Gasteiger partial charge in [-0.2, -0.15) is 4.37 Å². The van der Waals surface area contributed by atoms with Crippen molar-refractivity contribution in [1.29, 1.82) is 0 Å². The monoisotopic (exact) mass is 409 g/mol. The van der Waals surface area contributed by atoms with Crippen molar-refractivity contribution in [2.24, 2.45) is 5.41 Å². The largest absolute Gasteiger partial charge is 0.339 e. The number of anilines is 1. The van der Waals surface area contributed by atoms with Crippen LogP contribution in [0.25, 0.3) is 12.2 Å². The number of pyridine rings is 1. The molecule has 150 valence electrons. The second kappa shape index (κ2) is 7.87. The summed E-state index contributed by atoms with van der Waals surface area (Å²) in [5.41, 5.74) is 4.39. The number of aromatic nitrogens is 3. The minimum Gasteiger partial charge on any atom is -0.339 e. The Morgan fingerprint density at radius 1 is 1.28 bits per heavy atom. The number of carbonyl (C=O) groups excluding carboxylic acids is 2. The molecule has 4 rings (SSSR count). The summed E-state index contributed by atoms with van der Waals surface area (Å²) in [6.07, 6.45) is 9.41. The van der Waals surface area contributed by atoms with Crippen LogP contribution in [0.5, 0.6) is 0 Å². The Morgan fingerprint density at radius 2 is 2.07 bits per heavy atom. The van der Waals surface area contributed by atoms with Crippen molar-refractivity contribution in [2.45, 2.75) is 33.1 Å². The average Bonchev–Trinajstić information content (AvgIpc) is 3.20. The second-order valence-electron chi connectivity index (χ2n) is 8.04. The summed E-state index contributed by atoms with van der Waals surface area (Å²) in [6.45, 7) is 5.23. The van der Waals surface area contributed by atoms with Gasteiger partial charge in [0.2, 0.25) is 11.8 Å². The Kier molecular flexibility index (Phi) is 5.27. The first kappa shape index (κ1) is 19.4. The van der Waals surface area contributed by atoms with Crippen molar-refractivity contribution >= 4 is 41.3 Å². The highest BCUT2D eigenvalue weighted by Crippen LogP contribution is 2.32. The molecule has 2 aliphatic rings. The highest BCUT2D eigenvalue weighted by molar-refractivity contribution is 7.03. The molecule has 2 aliphatic heterocycles.